The molecule has 0 unspecified atom stereocenters. The van der Waals surface area contributed by atoms with Crippen molar-refractivity contribution in [1.29, 1.82) is 0 Å². The summed E-state index contributed by atoms with van der Waals surface area (Å²) in [5, 5.41) is 13.3. The van der Waals surface area contributed by atoms with Gasteiger partial charge in [0.25, 0.3) is 6.01 Å². The quantitative estimate of drug-likeness (QED) is 0.294. The van der Waals surface area contributed by atoms with E-state index in [9.17, 15) is 18.7 Å². The van der Waals surface area contributed by atoms with E-state index in [2.05, 4.69) is 15.0 Å². The van der Waals surface area contributed by atoms with Crippen LogP contribution in [0.3, 0.4) is 0 Å². The number of carbonyl (C=O) groups is 1. The van der Waals surface area contributed by atoms with Crippen molar-refractivity contribution in [3.8, 4) is 11.3 Å². The van der Waals surface area contributed by atoms with Crippen molar-refractivity contribution in [1.82, 2.24) is 10.1 Å². The van der Waals surface area contributed by atoms with Gasteiger partial charge >= 0.3 is 5.97 Å². The maximum absolute atomic E-state index is 14.6. The molecule has 3 fully saturated rings. The van der Waals surface area contributed by atoms with Gasteiger partial charge in [-0.2, -0.15) is 4.98 Å². The number of carboxylic acids is 1. The second kappa shape index (κ2) is 9.15. The SMILES string of the molecule is O=C(O)c1ccc2nc(N3CCC4(CC(OCc5c(-c6c(F)cccc6F)noc5CC5CC5)C4)C3)oc2c1. The van der Waals surface area contributed by atoms with Crippen LogP contribution >= 0.6 is 0 Å². The zero-order chi connectivity index (χ0) is 26.7. The third-order valence-corrected chi connectivity index (χ3v) is 8.36. The monoisotopic (exact) mass is 535 g/mol. The van der Waals surface area contributed by atoms with E-state index in [-0.39, 0.29) is 34.9 Å². The maximum Gasteiger partial charge on any atom is 0.335 e. The van der Waals surface area contributed by atoms with Gasteiger partial charge < -0.3 is 23.7 Å². The van der Waals surface area contributed by atoms with Crippen molar-refractivity contribution in [3.63, 3.8) is 0 Å². The van der Waals surface area contributed by atoms with E-state index in [1.807, 2.05) is 0 Å². The summed E-state index contributed by atoms with van der Waals surface area (Å²) in [6.07, 6.45) is 5.65. The molecule has 2 aromatic carbocycles. The van der Waals surface area contributed by atoms with Gasteiger partial charge in [0.15, 0.2) is 5.58 Å². The highest BCUT2D eigenvalue weighted by Crippen LogP contribution is 2.51. The number of oxazole rings is 1. The molecular formula is C29H27F2N3O5. The first kappa shape index (κ1) is 24.3. The van der Waals surface area contributed by atoms with Gasteiger partial charge in [0.2, 0.25) is 0 Å². The number of nitrogens with zero attached hydrogens (tertiary/aromatic N) is 3. The summed E-state index contributed by atoms with van der Waals surface area (Å²) in [4.78, 5) is 17.9. The third-order valence-electron chi connectivity index (χ3n) is 8.36. The fourth-order valence-electron chi connectivity index (χ4n) is 5.99. The lowest BCUT2D eigenvalue weighted by Gasteiger charge is -2.44. The number of hydrogen-bond acceptors (Lipinski definition) is 7. The number of hydrogen-bond donors (Lipinski definition) is 1. The van der Waals surface area contributed by atoms with E-state index in [1.54, 1.807) is 6.07 Å². The van der Waals surface area contributed by atoms with Crippen LogP contribution < -0.4 is 4.90 Å². The Kier molecular flexibility index (Phi) is 5.69. The number of carboxylic acid groups (broad SMARTS) is 1. The Hall–Kier alpha value is -3.79. The van der Waals surface area contributed by atoms with Crippen molar-refractivity contribution in [3.05, 3.63) is 64.9 Å². The fourth-order valence-corrected chi connectivity index (χ4v) is 5.99. The van der Waals surface area contributed by atoms with Crippen LogP contribution in [-0.2, 0) is 17.8 Å². The summed E-state index contributed by atoms with van der Waals surface area (Å²) in [6, 6.07) is 8.96. The number of aromatic nitrogens is 2. The molecule has 0 radical (unpaired) electrons. The molecule has 3 heterocycles. The Morgan fingerprint density at radius 1 is 1.18 bits per heavy atom. The molecule has 1 saturated heterocycles. The molecule has 1 spiro atoms. The molecule has 7 rings (SSSR count). The molecule has 8 nitrogen and oxygen atoms in total. The molecule has 2 aromatic heterocycles. The van der Waals surface area contributed by atoms with Crippen LogP contribution in [0.1, 0.15) is 53.8 Å². The predicted molar refractivity (Wildman–Crippen MR) is 136 cm³/mol. The van der Waals surface area contributed by atoms with Crippen LogP contribution in [0, 0.1) is 23.0 Å². The summed E-state index contributed by atoms with van der Waals surface area (Å²) in [7, 11) is 0. The molecule has 1 N–H and O–H groups in total. The Bertz CT molecular complexity index is 1550. The van der Waals surface area contributed by atoms with Gasteiger partial charge in [-0.05, 0) is 73.8 Å². The zero-order valence-electron chi connectivity index (χ0n) is 21.2. The van der Waals surface area contributed by atoms with Crippen LogP contribution in [0.4, 0.5) is 14.8 Å². The molecule has 2 aliphatic carbocycles. The van der Waals surface area contributed by atoms with E-state index in [0.29, 0.717) is 40.8 Å². The number of aromatic carboxylic acids is 1. The Morgan fingerprint density at radius 3 is 2.72 bits per heavy atom. The van der Waals surface area contributed by atoms with Gasteiger partial charge in [-0.3, -0.25) is 0 Å². The first-order chi connectivity index (χ1) is 18.9. The highest BCUT2D eigenvalue weighted by molar-refractivity contribution is 5.92. The van der Waals surface area contributed by atoms with Gasteiger partial charge in [-0.15, -0.1) is 0 Å². The first-order valence-corrected chi connectivity index (χ1v) is 13.3. The van der Waals surface area contributed by atoms with Crippen molar-refractivity contribution >= 4 is 23.1 Å². The lowest BCUT2D eigenvalue weighted by Crippen LogP contribution is -2.44. The molecule has 4 aromatic rings. The zero-order valence-corrected chi connectivity index (χ0v) is 21.2. The molecule has 39 heavy (non-hydrogen) atoms. The molecule has 0 atom stereocenters. The van der Waals surface area contributed by atoms with Crippen molar-refractivity contribution in [2.45, 2.75) is 51.2 Å². The van der Waals surface area contributed by atoms with E-state index >= 15 is 0 Å². The third kappa shape index (κ3) is 4.46. The summed E-state index contributed by atoms with van der Waals surface area (Å²) >= 11 is 0. The summed E-state index contributed by atoms with van der Waals surface area (Å²) < 4.78 is 46.9. The molecule has 2 saturated carbocycles. The largest absolute Gasteiger partial charge is 0.478 e. The number of rotatable bonds is 8. The maximum atomic E-state index is 14.6. The standard InChI is InChI=1S/C29H27F2N3O5/c30-20-2-1-3-21(31)25(20)26-19(23(39-33-26)10-16-4-5-16)14-37-18-12-29(13-18)8-9-34(15-29)28-32-22-7-6-17(27(35)36)11-24(22)38-28/h1-3,6-7,11,16,18H,4-5,8-10,12-15H2,(H,35,36). The Morgan fingerprint density at radius 2 is 1.97 bits per heavy atom. The highest BCUT2D eigenvalue weighted by atomic mass is 19.1. The van der Waals surface area contributed by atoms with Gasteiger partial charge in [-0.1, -0.05) is 11.2 Å². The number of ether oxygens (including phenoxy) is 1. The van der Waals surface area contributed by atoms with E-state index in [0.717, 1.165) is 45.2 Å². The summed E-state index contributed by atoms with van der Waals surface area (Å²) in [5.41, 5.74) is 1.98. The van der Waals surface area contributed by atoms with Crippen LogP contribution in [0.5, 0.6) is 0 Å². The van der Waals surface area contributed by atoms with Crippen LogP contribution in [-0.4, -0.2) is 40.4 Å². The number of benzene rings is 2. The van der Waals surface area contributed by atoms with Gasteiger partial charge in [0, 0.05) is 25.1 Å². The fraction of sp³-hybridized carbons (Fsp3) is 0.414. The molecule has 0 bridgehead atoms. The molecule has 1 aliphatic heterocycles. The number of halogens is 2. The molecule has 10 heteroatoms. The van der Waals surface area contributed by atoms with Crippen LogP contribution in [0.2, 0.25) is 0 Å². The van der Waals surface area contributed by atoms with Gasteiger partial charge in [0.05, 0.1) is 23.8 Å². The lowest BCUT2D eigenvalue weighted by atomic mass is 9.66. The second-order valence-electron chi connectivity index (χ2n) is 11.2. The van der Waals surface area contributed by atoms with E-state index < -0.39 is 17.6 Å². The van der Waals surface area contributed by atoms with Gasteiger partial charge in [0.1, 0.15) is 28.6 Å². The lowest BCUT2D eigenvalue weighted by molar-refractivity contribution is -0.0797. The minimum Gasteiger partial charge on any atom is -0.478 e. The second-order valence-corrected chi connectivity index (χ2v) is 11.2. The van der Waals surface area contributed by atoms with E-state index in [1.165, 1.54) is 30.3 Å². The van der Waals surface area contributed by atoms with Crippen molar-refractivity contribution in [2.75, 3.05) is 18.0 Å². The number of fused-ring (bicyclic) bond motifs is 1. The van der Waals surface area contributed by atoms with Crippen LogP contribution in [0.25, 0.3) is 22.4 Å². The Balaban J connectivity index is 1.02. The van der Waals surface area contributed by atoms with Crippen molar-refractivity contribution < 1.29 is 32.4 Å². The molecule has 202 valence electrons. The number of anilines is 1. The molecule has 0 amide bonds. The minimum atomic E-state index is -1.01. The smallest absolute Gasteiger partial charge is 0.335 e. The summed E-state index contributed by atoms with van der Waals surface area (Å²) in [6.45, 7) is 1.76. The molecule has 3 aliphatic rings. The minimum absolute atomic E-state index is 0.0219. The Labute approximate surface area is 222 Å². The summed E-state index contributed by atoms with van der Waals surface area (Å²) in [5.74, 6) is -1.18. The highest BCUT2D eigenvalue weighted by Gasteiger charge is 2.50. The normalized spacial score (nSPS) is 22.6. The van der Waals surface area contributed by atoms with Crippen molar-refractivity contribution in [2.24, 2.45) is 11.3 Å². The van der Waals surface area contributed by atoms with Gasteiger partial charge in [-0.25, -0.2) is 13.6 Å². The predicted octanol–water partition coefficient (Wildman–Crippen LogP) is 5.99. The molecular weight excluding hydrogens is 508 g/mol. The van der Waals surface area contributed by atoms with E-state index in [4.69, 9.17) is 13.7 Å². The average Bonchev–Trinajstić information content (AvgIpc) is 3.27. The first-order valence-electron chi connectivity index (χ1n) is 13.3. The topological polar surface area (TPSA) is 102 Å². The van der Waals surface area contributed by atoms with Crippen LogP contribution in [0.15, 0.2) is 45.3 Å². The average molecular weight is 536 g/mol.